The van der Waals surface area contributed by atoms with Gasteiger partial charge in [-0.3, -0.25) is 25.0 Å². The van der Waals surface area contributed by atoms with Crippen LogP contribution in [-0.2, 0) is 0 Å². The molecule has 2 aromatic carbocycles. The number of nitrogens with one attached hydrogen (secondary N) is 3. The van der Waals surface area contributed by atoms with Crippen LogP contribution in [0.4, 0.5) is 11.4 Å². The molecular formula is C22H21ClN4O5S2. The molecule has 0 aliphatic heterocycles. The summed E-state index contributed by atoms with van der Waals surface area (Å²) in [6, 6.07) is 9.09. The number of rotatable bonds is 5. The smallest absolute Gasteiger partial charge is 0.311 e. The van der Waals surface area contributed by atoms with Gasteiger partial charge in [-0.05, 0) is 51.2 Å². The molecule has 9 nitrogen and oxygen atoms in total. The van der Waals surface area contributed by atoms with Gasteiger partial charge in [-0.2, -0.15) is 0 Å². The zero-order valence-electron chi connectivity index (χ0n) is 18.6. The van der Waals surface area contributed by atoms with Gasteiger partial charge in [0, 0.05) is 22.6 Å². The highest BCUT2D eigenvalue weighted by Crippen LogP contribution is 2.39. The number of benzene rings is 2. The van der Waals surface area contributed by atoms with E-state index in [1.54, 1.807) is 18.2 Å². The molecule has 0 radical (unpaired) electrons. The van der Waals surface area contributed by atoms with E-state index in [0.717, 1.165) is 6.07 Å². The van der Waals surface area contributed by atoms with E-state index in [0.29, 0.717) is 25.7 Å². The maximum absolute atomic E-state index is 12.7. The van der Waals surface area contributed by atoms with E-state index in [-0.39, 0.29) is 28.0 Å². The summed E-state index contributed by atoms with van der Waals surface area (Å²) in [5, 5.41) is 20.5. The molecule has 34 heavy (non-hydrogen) atoms. The lowest BCUT2D eigenvalue weighted by Crippen LogP contribution is -2.40. The predicted octanol–water partition coefficient (Wildman–Crippen LogP) is 5.13. The SMILES string of the molecule is COc1ccc(C(=O)NC(=S)Nc2cccc3c(Cl)c(C(=O)NC(C)(C)C)sc23)cc1[N+](=O)[O-]. The molecule has 0 spiro atoms. The maximum atomic E-state index is 12.7. The first-order valence-electron chi connectivity index (χ1n) is 9.89. The fourth-order valence-electron chi connectivity index (χ4n) is 3.03. The van der Waals surface area contributed by atoms with Crippen LogP contribution >= 0.6 is 35.2 Å². The first-order valence-corrected chi connectivity index (χ1v) is 11.5. The van der Waals surface area contributed by atoms with Gasteiger partial charge in [0.2, 0.25) is 0 Å². The monoisotopic (exact) mass is 520 g/mol. The van der Waals surface area contributed by atoms with Crippen LogP contribution in [0.15, 0.2) is 36.4 Å². The number of nitrogens with zero attached hydrogens (tertiary/aromatic N) is 1. The number of carbonyl (C=O) groups excluding carboxylic acids is 2. The molecule has 0 fully saturated rings. The van der Waals surface area contributed by atoms with Gasteiger partial charge in [-0.25, -0.2) is 0 Å². The Balaban J connectivity index is 1.82. The van der Waals surface area contributed by atoms with Crippen molar-refractivity contribution in [2.24, 2.45) is 0 Å². The van der Waals surface area contributed by atoms with Gasteiger partial charge in [0.05, 0.1) is 27.4 Å². The molecule has 0 saturated heterocycles. The molecule has 0 unspecified atom stereocenters. The second-order valence-electron chi connectivity index (χ2n) is 8.18. The maximum Gasteiger partial charge on any atom is 0.311 e. The molecule has 178 valence electrons. The lowest BCUT2D eigenvalue weighted by molar-refractivity contribution is -0.385. The van der Waals surface area contributed by atoms with E-state index in [1.165, 1.54) is 30.6 Å². The number of thiocarbonyl (C=S) groups is 1. The minimum Gasteiger partial charge on any atom is -0.490 e. The van der Waals surface area contributed by atoms with Crippen molar-refractivity contribution in [2.75, 3.05) is 12.4 Å². The van der Waals surface area contributed by atoms with Crippen LogP contribution in [0.25, 0.3) is 10.1 Å². The van der Waals surface area contributed by atoms with Crippen molar-refractivity contribution in [1.29, 1.82) is 0 Å². The van der Waals surface area contributed by atoms with E-state index in [2.05, 4.69) is 16.0 Å². The summed E-state index contributed by atoms with van der Waals surface area (Å²) < 4.78 is 5.63. The van der Waals surface area contributed by atoms with E-state index in [4.69, 9.17) is 28.6 Å². The fraction of sp³-hybridized carbons (Fsp3) is 0.227. The zero-order chi connectivity index (χ0) is 25.2. The minimum atomic E-state index is -0.638. The molecular weight excluding hydrogens is 500 g/mol. The highest BCUT2D eigenvalue weighted by Gasteiger charge is 2.23. The number of nitro benzene ring substituents is 1. The lowest BCUT2D eigenvalue weighted by atomic mass is 10.1. The Morgan fingerprint density at radius 2 is 1.88 bits per heavy atom. The Hall–Kier alpha value is -3.28. The van der Waals surface area contributed by atoms with E-state index < -0.39 is 16.4 Å². The predicted molar refractivity (Wildman–Crippen MR) is 137 cm³/mol. The summed E-state index contributed by atoms with van der Waals surface area (Å²) >= 11 is 12.9. The number of anilines is 1. The molecule has 3 aromatic rings. The number of halogens is 1. The van der Waals surface area contributed by atoms with Crippen molar-refractivity contribution in [1.82, 2.24) is 10.6 Å². The lowest BCUT2D eigenvalue weighted by Gasteiger charge is -2.19. The van der Waals surface area contributed by atoms with Crippen LogP contribution in [-0.4, -0.2) is 34.5 Å². The van der Waals surface area contributed by atoms with E-state index >= 15 is 0 Å². The third-order valence-electron chi connectivity index (χ3n) is 4.46. The Morgan fingerprint density at radius 3 is 2.50 bits per heavy atom. The second-order valence-corrected chi connectivity index (χ2v) is 9.99. The number of ether oxygens (including phenoxy) is 1. The van der Waals surface area contributed by atoms with Crippen molar-refractivity contribution in [2.45, 2.75) is 26.3 Å². The van der Waals surface area contributed by atoms with Crippen LogP contribution < -0.4 is 20.7 Å². The molecule has 12 heteroatoms. The summed E-state index contributed by atoms with van der Waals surface area (Å²) in [5.41, 5.74) is -0.187. The van der Waals surface area contributed by atoms with Crippen molar-refractivity contribution in [3.8, 4) is 5.75 Å². The van der Waals surface area contributed by atoms with Crippen molar-refractivity contribution in [3.05, 3.63) is 62.0 Å². The molecule has 1 heterocycles. The van der Waals surface area contributed by atoms with Gasteiger partial charge in [0.25, 0.3) is 11.8 Å². The normalized spacial score (nSPS) is 11.1. The van der Waals surface area contributed by atoms with E-state index in [9.17, 15) is 19.7 Å². The standard InChI is InChI=1S/C22H21ClN4O5S2/c1-22(2,3)26-20(29)18-16(23)12-6-5-7-13(17(12)34-18)24-21(33)25-19(28)11-8-9-15(32-4)14(10-11)27(30)31/h5-10H,1-4H3,(H,26,29)(H2,24,25,28,33). The number of hydrogen-bond acceptors (Lipinski definition) is 7. The molecule has 0 atom stereocenters. The first-order chi connectivity index (χ1) is 15.9. The summed E-state index contributed by atoms with van der Waals surface area (Å²) in [6.45, 7) is 5.62. The van der Waals surface area contributed by atoms with E-state index in [1.807, 2.05) is 20.8 Å². The number of methoxy groups -OCH3 is 1. The fourth-order valence-corrected chi connectivity index (χ4v) is 4.71. The molecule has 0 aliphatic carbocycles. The van der Waals surface area contributed by atoms with Gasteiger partial charge >= 0.3 is 5.69 Å². The summed E-state index contributed by atoms with van der Waals surface area (Å²) in [5.74, 6) is -0.888. The minimum absolute atomic E-state index is 0.0267. The Bertz CT molecular complexity index is 1320. The Kier molecular flexibility index (Phi) is 7.39. The molecule has 0 saturated carbocycles. The Morgan fingerprint density at radius 1 is 1.18 bits per heavy atom. The van der Waals surface area contributed by atoms with Crippen LogP contribution in [0.3, 0.4) is 0 Å². The molecule has 3 N–H and O–H groups in total. The Labute approximate surface area is 209 Å². The summed E-state index contributed by atoms with van der Waals surface area (Å²) in [7, 11) is 1.30. The van der Waals surface area contributed by atoms with Crippen molar-refractivity contribution < 1.29 is 19.2 Å². The van der Waals surface area contributed by atoms with Crippen LogP contribution in [0.2, 0.25) is 5.02 Å². The van der Waals surface area contributed by atoms with Gasteiger partial charge in [0.15, 0.2) is 10.9 Å². The van der Waals surface area contributed by atoms with Gasteiger partial charge in [-0.1, -0.05) is 23.7 Å². The van der Waals surface area contributed by atoms with Gasteiger partial charge in [0.1, 0.15) is 4.88 Å². The second kappa shape index (κ2) is 9.92. The average molecular weight is 521 g/mol. The third kappa shape index (κ3) is 5.61. The highest BCUT2D eigenvalue weighted by atomic mass is 35.5. The first kappa shape index (κ1) is 25.3. The molecule has 3 rings (SSSR count). The molecule has 2 amide bonds. The number of thiophene rings is 1. The number of carbonyl (C=O) groups is 2. The summed E-state index contributed by atoms with van der Waals surface area (Å²) in [6.07, 6.45) is 0. The van der Waals surface area contributed by atoms with Gasteiger partial charge in [-0.15, -0.1) is 11.3 Å². The largest absolute Gasteiger partial charge is 0.490 e. The number of hydrogen-bond donors (Lipinski definition) is 3. The third-order valence-corrected chi connectivity index (χ3v) is 6.41. The number of amides is 2. The highest BCUT2D eigenvalue weighted by molar-refractivity contribution is 7.80. The molecule has 1 aromatic heterocycles. The summed E-state index contributed by atoms with van der Waals surface area (Å²) in [4.78, 5) is 36.2. The molecule has 0 bridgehead atoms. The average Bonchev–Trinajstić information content (AvgIpc) is 3.09. The van der Waals surface area contributed by atoms with Crippen LogP contribution in [0.5, 0.6) is 5.75 Å². The van der Waals surface area contributed by atoms with Crippen LogP contribution in [0, 0.1) is 10.1 Å². The molecule has 0 aliphatic rings. The van der Waals surface area contributed by atoms with Crippen LogP contribution in [0.1, 0.15) is 40.8 Å². The number of fused-ring (bicyclic) bond motifs is 1. The van der Waals surface area contributed by atoms with Crippen molar-refractivity contribution in [3.63, 3.8) is 0 Å². The van der Waals surface area contributed by atoms with Crippen molar-refractivity contribution >= 4 is 73.5 Å². The topological polar surface area (TPSA) is 123 Å². The van der Waals surface area contributed by atoms with Gasteiger partial charge < -0.3 is 15.4 Å². The number of nitro groups is 1. The quantitative estimate of drug-likeness (QED) is 0.242. The zero-order valence-corrected chi connectivity index (χ0v) is 21.0.